The van der Waals surface area contributed by atoms with Crippen LogP contribution in [0.2, 0.25) is 0 Å². The van der Waals surface area contributed by atoms with Crippen LogP contribution in [0.25, 0.3) is 15.7 Å². The topological polar surface area (TPSA) is 118 Å². The van der Waals surface area contributed by atoms with Crippen LogP contribution in [0.1, 0.15) is 38.7 Å². The van der Waals surface area contributed by atoms with E-state index in [9.17, 15) is 14.4 Å². The van der Waals surface area contributed by atoms with Gasteiger partial charge in [-0.15, -0.1) is 11.3 Å². The predicted octanol–water partition coefficient (Wildman–Crippen LogP) is 3.85. The van der Waals surface area contributed by atoms with E-state index in [1.165, 1.54) is 0 Å². The highest BCUT2D eigenvalue weighted by atomic mass is 32.1. The molecule has 0 spiro atoms. The molecular weight excluding hydrogens is 592 g/mol. The molecule has 0 unspecified atom stereocenters. The van der Waals surface area contributed by atoms with Crippen LogP contribution in [0.3, 0.4) is 0 Å². The molecule has 1 fully saturated rings. The summed E-state index contributed by atoms with van der Waals surface area (Å²) in [5.41, 5.74) is 2.42. The van der Waals surface area contributed by atoms with Crippen LogP contribution in [-0.4, -0.2) is 88.6 Å². The average Bonchev–Trinajstić information content (AvgIpc) is 3.82. The van der Waals surface area contributed by atoms with E-state index in [4.69, 9.17) is 9.47 Å². The molecule has 11 nitrogen and oxygen atoms in total. The zero-order valence-corrected chi connectivity index (χ0v) is 25.5. The number of likely N-dealkylation sites (tertiary alicyclic amines) is 1. The molecule has 2 aromatic carbocycles. The first-order valence-corrected chi connectivity index (χ1v) is 15.8. The first-order chi connectivity index (χ1) is 22.0. The Labute approximate surface area is 263 Å². The minimum atomic E-state index is -0.453. The fourth-order valence-electron chi connectivity index (χ4n) is 6.21. The predicted molar refractivity (Wildman–Crippen MR) is 169 cm³/mol. The number of carbonyl (C=O) groups is 3. The third-order valence-electron chi connectivity index (χ3n) is 8.54. The number of amides is 3. The number of nitrogens with zero attached hydrogens (tertiary/aromatic N) is 5. The number of aromatic nitrogens is 3. The Bertz CT molecular complexity index is 1870. The number of nitrogens with one attached hydrogen (secondary N) is 1. The first-order valence-electron chi connectivity index (χ1n) is 14.9. The molecule has 3 aromatic heterocycles. The van der Waals surface area contributed by atoms with Gasteiger partial charge >= 0.3 is 0 Å². The van der Waals surface area contributed by atoms with E-state index in [2.05, 4.69) is 15.4 Å². The highest BCUT2D eigenvalue weighted by Crippen LogP contribution is 2.39. The van der Waals surface area contributed by atoms with Crippen molar-refractivity contribution < 1.29 is 23.9 Å². The van der Waals surface area contributed by atoms with Crippen molar-refractivity contribution in [3.05, 3.63) is 89.2 Å². The van der Waals surface area contributed by atoms with Gasteiger partial charge in [0.05, 0.1) is 25.1 Å². The highest BCUT2D eigenvalue weighted by Gasteiger charge is 2.41. The van der Waals surface area contributed by atoms with Crippen LogP contribution in [0.4, 0.5) is 0 Å². The van der Waals surface area contributed by atoms with E-state index >= 15 is 0 Å². The largest absolute Gasteiger partial charge is 0.493 e. The Morgan fingerprint density at radius 1 is 1.02 bits per heavy atom. The van der Waals surface area contributed by atoms with Crippen LogP contribution < -0.4 is 14.8 Å². The number of benzene rings is 2. The fourth-order valence-corrected chi connectivity index (χ4v) is 7.15. The highest BCUT2D eigenvalue weighted by molar-refractivity contribution is 7.17. The molecular formula is C33H32N6O5S. The minimum absolute atomic E-state index is 0.0769. The Morgan fingerprint density at radius 2 is 1.89 bits per heavy atom. The Balaban J connectivity index is 1.15. The monoisotopic (exact) mass is 624 g/mol. The standard InChI is InChI=1S/C33H32N6O5S/c1-43-27-9-8-21-16-28(27)44-15-14-37(33(42)26-17-30-34-10-5-13-39(30)36-26)12-4-11-35-31(40)24-19-38(18-23(21)24)32(41)25-20-45-29-7-3-2-6-22(25)29/h2-3,5-10,13,16-17,20,23-24H,4,11-12,14-15,18-19H2,1H3,(H,35,40)/t23-,24+/m1/s1. The second-order valence-corrected chi connectivity index (χ2v) is 12.1. The Hall–Kier alpha value is -4.97. The number of rotatable bonds is 3. The van der Waals surface area contributed by atoms with Gasteiger partial charge in [-0.3, -0.25) is 14.4 Å². The third-order valence-corrected chi connectivity index (χ3v) is 9.50. The molecule has 3 amide bonds. The molecule has 0 saturated carbocycles. The molecule has 1 saturated heterocycles. The molecule has 2 atom stereocenters. The maximum absolute atomic E-state index is 13.8. The van der Waals surface area contributed by atoms with Crippen molar-refractivity contribution in [1.29, 1.82) is 0 Å². The molecule has 1 N–H and O–H groups in total. The Kier molecular flexibility index (Phi) is 7.80. The Morgan fingerprint density at radius 3 is 2.76 bits per heavy atom. The van der Waals surface area contributed by atoms with Gasteiger partial charge in [0.15, 0.2) is 22.8 Å². The van der Waals surface area contributed by atoms with Crippen molar-refractivity contribution in [3.63, 3.8) is 0 Å². The molecule has 12 heteroatoms. The van der Waals surface area contributed by atoms with Crippen LogP contribution in [0.15, 0.2) is 72.4 Å². The number of hydrogen-bond acceptors (Lipinski definition) is 8. The van der Waals surface area contributed by atoms with E-state index in [0.29, 0.717) is 61.9 Å². The van der Waals surface area contributed by atoms with Crippen LogP contribution in [0, 0.1) is 5.92 Å². The van der Waals surface area contributed by atoms with Crippen molar-refractivity contribution in [1.82, 2.24) is 29.7 Å². The van der Waals surface area contributed by atoms with E-state index < -0.39 is 5.92 Å². The van der Waals surface area contributed by atoms with Gasteiger partial charge in [-0.05, 0) is 36.2 Å². The van der Waals surface area contributed by atoms with Gasteiger partial charge in [0.1, 0.15) is 6.61 Å². The zero-order chi connectivity index (χ0) is 30.9. The van der Waals surface area contributed by atoms with Gasteiger partial charge in [-0.2, -0.15) is 5.10 Å². The fraction of sp³-hybridized carbons (Fsp3) is 0.303. The summed E-state index contributed by atoms with van der Waals surface area (Å²) in [7, 11) is 1.57. The summed E-state index contributed by atoms with van der Waals surface area (Å²) in [5.74, 6) is -0.0507. The van der Waals surface area contributed by atoms with Crippen molar-refractivity contribution in [2.75, 3.05) is 46.4 Å². The molecule has 0 aliphatic carbocycles. The van der Waals surface area contributed by atoms with Crippen LogP contribution in [0.5, 0.6) is 11.5 Å². The maximum atomic E-state index is 13.8. The third kappa shape index (κ3) is 5.57. The molecule has 0 radical (unpaired) electrons. The number of ether oxygens (including phenoxy) is 2. The molecule has 2 aliphatic rings. The van der Waals surface area contributed by atoms with E-state index in [1.807, 2.05) is 47.8 Å². The SMILES string of the molecule is COc1ccc2cc1OCCN(C(=O)c1cc3ncccn3n1)CCCNC(=O)[C@H]1CN(C(=O)c3csc4ccccc34)C[C@H]21. The number of thiophene rings is 1. The van der Waals surface area contributed by atoms with Crippen LogP contribution >= 0.6 is 11.3 Å². The second kappa shape index (κ2) is 12.2. The van der Waals surface area contributed by atoms with Crippen molar-refractivity contribution in [2.45, 2.75) is 12.3 Å². The average molecular weight is 625 g/mol. The van der Waals surface area contributed by atoms with Gasteiger partial charge in [-0.25, -0.2) is 9.50 Å². The molecule has 2 aliphatic heterocycles. The number of fused-ring (bicyclic) bond motifs is 6. The summed E-state index contributed by atoms with van der Waals surface area (Å²) >= 11 is 1.54. The van der Waals surface area contributed by atoms with E-state index in [1.54, 1.807) is 57.3 Å². The molecule has 7 rings (SSSR count). The lowest BCUT2D eigenvalue weighted by molar-refractivity contribution is -0.124. The summed E-state index contributed by atoms with van der Waals surface area (Å²) in [6, 6.07) is 16.9. The number of carbonyl (C=O) groups excluding carboxylic acids is 3. The smallest absolute Gasteiger partial charge is 0.274 e. The molecule has 2 bridgehead atoms. The summed E-state index contributed by atoms with van der Waals surface area (Å²) < 4.78 is 14.4. The summed E-state index contributed by atoms with van der Waals surface area (Å²) in [6.07, 6.45) is 3.94. The normalized spacial score (nSPS) is 19.1. The summed E-state index contributed by atoms with van der Waals surface area (Å²) in [4.78, 5) is 48.7. The van der Waals surface area contributed by atoms with Gasteiger partial charge in [-0.1, -0.05) is 24.3 Å². The second-order valence-electron chi connectivity index (χ2n) is 11.2. The lowest BCUT2D eigenvalue weighted by Crippen LogP contribution is -2.39. The molecule has 5 aromatic rings. The zero-order valence-electron chi connectivity index (χ0n) is 24.7. The lowest BCUT2D eigenvalue weighted by Gasteiger charge is -2.24. The van der Waals surface area contributed by atoms with E-state index in [-0.39, 0.29) is 35.9 Å². The summed E-state index contributed by atoms with van der Waals surface area (Å²) in [6.45, 7) is 2.02. The minimum Gasteiger partial charge on any atom is -0.493 e. The first kappa shape index (κ1) is 28.8. The lowest BCUT2D eigenvalue weighted by atomic mass is 9.88. The molecule has 45 heavy (non-hydrogen) atoms. The van der Waals surface area contributed by atoms with Gasteiger partial charge in [0.2, 0.25) is 5.91 Å². The number of methoxy groups -OCH3 is 1. The van der Waals surface area contributed by atoms with Crippen LogP contribution in [-0.2, 0) is 4.79 Å². The molecule has 230 valence electrons. The molecule has 5 heterocycles. The maximum Gasteiger partial charge on any atom is 0.274 e. The summed E-state index contributed by atoms with van der Waals surface area (Å²) in [5, 5.41) is 10.3. The van der Waals surface area contributed by atoms with Gasteiger partial charge in [0.25, 0.3) is 11.8 Å². The number of hydrogen-bond donors (Lipinski definition) is 1. The quantitative estimate of drug-likeness (QED) is 0.324. The van der Waals surface area contributed by atoms with Crippen molar-refractivity contribution >= 4 is 44.8 Å². The van der Waals surface area contributed by atoms with E-state index in [0.717, 1.165) is 15.6 Å². The van der Waals surface area contributed by atoms with Gasteiger partial charge in [0, 0.05) is 66.0 Å². The van der Waals surface area contributed by atoms with Crippen molar-refractivity contribution in [2.24, 2.45) is 5.92 Å². The van der Waals surface area contributed by atoms with Gasteiger partial charge < -0.3 is 24.6 Å². The van der Waals surface area contributed by atoms with Crippen molar-refractivity contribution in [3.8, 4) is 11.5 Å².